The molecule has 0 aliphatic carbocycles. The molecular formula is C17H17ClFN3O2. The molecule has 3 N–H and O–H groups in total. The molecule has 0 aliphatic rings. The summed E-state index contributed by atoms with van der Waals surface area (Å²) in [5.74, 6) is -0.625. The Morgan fingerprint density at radius 1 is 1.12 bits per heavy atom. The monoisotopic (exact) mass is 349 g/mol. The Bertz CT molecular complexity index is 735. The van der Waals surface area contributed by atoms with Gasteiger partial charge < -0.3 is 16.0 Å². The van der Waals surface area contributed by atoms with Crippen molar-refractivity contribution in [1.29, 1.82) is 0 Å². The molecule has 0 saturated carbocycles. The van der Waals surface area contributed by atoms with Crippen LogP contribution in [-0.2, 0) is 6.42 Å². The van der Waals surface area contributed by atoms with Crippen LogP contribution in [0.1, 0.15) is 15.9 Å². The number of anilines is 1. The largest absolute Gasteiger partial charge is 0.355 e. The standard InChI is InChI=1S/C17H17ClFN3O2/c1-20-16(23)14-10-13(6-7-15(14)18)22-17(24)21-9-8-11-2-4-12(19)5-3-11/h2-7,10H,8-9H2,1H3,(H,20,23)(H2,21,22,24). The fourth-order valence-corrected chi connectivity index (χ4v) is 2.26. The maximum Gasteiger partial charge on any atom is 0.319 e. The predicted octanol–water partition coefficient (Wildman–Crippen LogP) is 3.20. The summed E-state index contributed by atoms with van der Waals surface area (Å²) < 4.78 is 12.8. The molecule has 0 aromatic heterocycles. The average molecular weight is 350 g/mol. The summed E-state index contributed by atoms with van der Waals surface area (Å²) in [6.45, 7) is 0.396. The van der Waals surface area contributed by atoms with Gasteiger partial charge in [0.05, 0.1) is 10.6 Å². The second kappa shape index (κ2) is 8.31. The topological polar surface area (TPSA) is 70.2 Å². The molecule has 2 aromatic carbocycles. The van der Waals surface area contributed by atoms with Gasteiger partial charge in [0.2, 0.25) is 0 Å². The third-order valence-electron chi connectivity index (χ3n) is 3.31. The molecule has 0 heterocycles. The molecule has 126 valence electrons. The highest BCUT2D eigenvalue weighted by molar-refractivity contribution is 6.34. The second-order valence-electron chi connectivity index (χ2n) is 5.03. The van der Waals surface area contributed by atoms with Crippen LogP contribution in [0.5, 0.6) is 0 Å². The molecule has 0 saturated heterocycles. The summed E-state index contributed by atoms with van der Waals surface area (Å²) in [6, 6.07) is 10.3. The van der Waals surface area contributed by atoms with E-state index in [0.717, 1.165) is 5.56 Å². The number of halogens is 2. The van der Waals surface area contributed by atoms with Crippen molar-refractivity contribution in [3.63, 3.8) is 0 Å². The zero-order chi connectivity index (χ0) is 17.5. The van der Waals surface area contributed by atoms with Gasteiger partial charge in [0.15, 0.2) is 0 Å². The van der Waals surface area contributed by atoms with Crippen molar-refractivity contribution in [2.24, 2.45) is 0 Å². The number of benzene rings is 2. The number of nitrogens with one attached hydrogen (secondary N) is 3. The van der Waals surface area contributed by atoms with Gasteiger partial charge in [-0.2, -0.15) is 0 Å². The van der Waals surface area contributed by atoms with E-state index in [0.29, 0.717) is 23.7 Å². The van der Waals surface area contributed by atoms with E-state index in [9.17, 15) is 14.0 Å². The van der Waals surface area contributed by atoms with Gasteiger partial charge in [-0.3, -0.25) is 4.79 Å². The summed E-state index contributed by atoms with van der Waals surface area (Å²) in [6.07, 6.45) is 0.581. The van der Waals surface area contributed by atoms with Crippen molar-refractivity contribution < 1.29 is 14.0 Å². The van der Waals surface area contributed by atoms with E-state index in [-0.39, 0.29) is 17.3 Å². The van der Waals surface area contributed by atoms with E-state index >= 15 is 0 Å². The van der Waals surface area contributed by atoms with Gasteiger partial charge in [-0.1, -0.05) is 23.7 Å². The zero-order valence-corrected chi connectivity index (χ0v) is 13.8. The van der Waals surface area contributed by atoms with E-state index in [4.69, 9.17) is 11.6 Å². The minimum Gasteiger partial charge on any atom is -0.355 e. The van der Waals surface area contributed by atoms with Crippen LogP contribution in [0.25, 0.3) is 0 Å². The highest BCUT2D eigenvalue weighted by Gasteiger charge is 2.10. The highest BCUT2D eigenvalue weighted by atomic mass is 35.5. The van der Waals surface area contributed by atoms with Crippen molar-refractivity contribution in [3.05, 3.63) is 64.4 Å². The number of carbonyl (C=O) groups is 2. The minimum absolute atomic E-state index is 0.281. The van der Waals surface area contributed by atoms with Crippen molar-refractivity contribution in [3.8, 4) is 0 Å². The van der Waals surface area contributed by atoms with Crippen LogP contribution in [0.15, 0.2) is 42.5 Å². The maximum absolute atomic E-state index is 12.8. The van der Waals surface area contributed by atoms with Crippen LogP contribution in [0.2, 0.25) is 5.02 Å². The third kappa shape index (κ3) is 4.96. The number of carbonyl (C=O) groups excluding carboxylic acids is 2. The SMILES string of the molecule is CNC(=O)c1cc(NC(=O)NCCc2ccc(F)cc2)ccc1Cl. The molecule has 0 radical (unpaired) electrons. The van der Waals surface area contributed by atoms with Crippen molar-refractivity contribution in [1.82, 2.24) is 10.6 Å². The molecule has 2 aromatic rings. The summed E-state index contributed by atoms with van der Waals surface area (Å²) in [5.41, 5.74) is 1.66. The Labute approximate surface area is 144 Å². The Hall–Kier alpha value is -2.60. The highest BCUT2D eigenvalue weighted by Crippen LogP contribution is 2.20. The van der Waals surface area contributed by atoms with Crippen LogP contribution >= 0.6 is 11.6 Å². The summed E-state index contributed by atoms with van der Waals surface area (Å²) in [5, 5.41) is 8.11. The lowest BCUT2D eigenvalue weighted by atomic mass is 10.1. The van der Waals surface area contributed by atoms with Crippen molar-refractivity contribution in [2.75, 3.05) is 18.9 Å². The molecule has 0 aliphatic heterocycles. The lowest BCUT2D eigenvalue weighted by Gasteiger charge is -2.10. The van der Waals surface area contributed by atoms with Gasteiger partial charge in [0, 0.05) is 19.3 Å². The molecule has 5 nitrogen and oxygen atoms in total. The maximum atomic E-state index is 12.8. The van der Waals surface area contributed by atoms with Gasteiger partial charge in [-0.15, -0.1) is 0 Å². The smallest absolute Gasteiger partial charge is 0.319 e. The number of urea groups is 1. The molecule has 0 fully saturated rings. The van der Waals surface area contributed by atoms with E-state index in [1.165, 1.54) is 25.2 Å². The molecule has 0 atom stereocenters. The molecule has 7 heteroatoms. The van der Waals surface area contributed by atoms with Crippen LogP contribution < -0.4 is 16.0 Å². The lowest BCUT2D eigenvalue weighted by molar-refractivity contribution is 0.0963. The quantitative estimate of drug-likeness (QED) is 0.775. The zero-order valence-electron chi connectivity index (χ0n) is 13.0. The van der Waals surface area contributed by atoms with Crippen molar-refractivity contribution in [2.45, 2.75) is 6.42 Å². The first-order valence-corrected chi connectivity index (χ1v) is 7.68. The van der Waals surface area contributed by atoms with Gasteiger partial charge in [0.1, 0.15) is 5.82 Å². The number of rotatable bonds is 5. The van der Waals surface area contributed by atoms with Crippen LogP contribution in [0.4, 0.5) is 14.9 Å². The first-order valence-electron chi connectivity index (χ1n) is 7.30. The molecule has 0 spiro atoms. The number of hydrogen-bond acceptors (Lipinski definition) is 2. The molecule has 3 amide bonds. The normalized spacial score (nSPS) is 10.1. The Morgan fingerprint density at radius 2 is 1.83 bits per heavy atom. The van der Waals surface area contributed by atoms with Crippen LogP contribution in [0.3, 0.4) is 0 Å². The fourth-order valence-electron chi connectivity index (χ4n) is 2.06. The summed E-state index contributed by atoms with van der Waals surface area (Å²) in [4.78, 5) is 23.6. The minimum atomic E-state index is -0.401. The summed E-state index contributed by atoms with van der Waals surface area (Å²) in [7, 11) is 1.50. The number of amides is 3. The van der Waals surface area contributed by atoms with Gasteiger partial charge in [-0.25, -0.2) is 9.18 Å². The van der Waals surface area contributed by atoms with Gasteiger partial charge >= 0.3 is 6.03 Å². The van der Waals surface area contributed by atoms with E-state index in [2.05, 4.69) is 16.0 Å². The first-order chi connectivity index (χ1) is 11.5. The molecular weight excluding hydrogens is 333 g/mol. The predicted molar refractivity (Wildman–Crippen MR) is 92.0 cm³/mol. The third-order valence-corrected chi connectivity index (χ3v) is 3.64. The second-order valence-corrected chi connectivity index (χ2v) is 5.44. The molecule has 0 unspecified atom stereocenters. The Kier molecular flexibility index (Phi) is 6.14. The van der Waals surface area contributed by atoms with Crippen LogP contribution in [0, 0.1) is 5.82 Å². The van der Waals surface area contributed by atoms with Crippen LogP contribution in [-0.4, -0.2) is 25.5 Å². The fraction of sp³-hybridized carbons (Fsp3) is 0.176. The van der Waals surface area contributed by atoms with Gasteiger partial charge in [0.25, 0.3) is 5.91 Å². The van der Waals surface area contributed by atoms with E-state index < -0.39 is 6.03 Å². The van der Waals surface area contributed by atoms with E-state index in [1.807, 2.05) is 0 Å². The summed E-state index contributed by atoms with van der Waals surface area (Å²) >= 11 is 5.95. The number of hydrogen-bond donors (Lipinski definition) is 3. The van der Waals surface area contributed by atoms with E-state index in [1.54, 1.807) is 24.3 Å². The molecule has 0 bridgehead atoms. The Morgan fingerprint density at radius 3 is 2.50 bits per heavy atom. The lowest BCUT2D eigenvalue weighted by Crippen LogP contribution is -2.30. The molecule has 24 heavy (non-hydrogen) atoms. The average Bonchev–Trinajstić information content (AvgIpc) is 2.57. The first kappa shape index (κ1) is 17.7. The van der Waals surface area contributed by atoms with Crippen molar-refractivity contribution >= 4 is 29.2 Å². The molecule has 2 rings (SSSR count). The Balaban J connectivity index is 1.88. The van der Waals surface area contributed by atoms with Gasteiger partial charge in [-0.05, 0) is 42.3 Å².